The Morgan fingerprint density at radius 3 is 2.46 bits per heavy atom. The molecule has 2 heterocycles. The number of amides is 3. The van der Waals surface area contributed by atoms with E-state index in [2.05, 4.69) is 5.32 Å². The number of nitrogens with one attached hydrogen (secondary N) is 1. The Hall–Kier alpha value is -4.86. The Morgan fingerprint density at radius 2 is 1.68 bits per heavy atom. The van der Waals surface area contributed by atoms with E-state index in [9.17, 15) is 19.2 Å². The molecule has 0 spiro atoms. The molecule has 2 aliphatic rings. The van der Waals surface area contributed by atoms with Gasteiger partial charge in [0.25, 0.3) is 17.7 Å². The lowest BCUT2D eigenvalue weighted by Crippen LogP contribution is -2.29. The minimum Gasteiger partial charge on any atom is -0.494 e. The molecule has 0 saturated heterocycles. The molecule has 0 aromatic heterocycles. The van der Waals surface area contributed by atoms with Crippen LogP contribution in [0, 0.1) is 0 Å². The van der Waals surface area contributed by atoms with Crippen LogP contribution in [-0.4, -0.2) is 43.7 Å². The predicted octanol–water partition coefficient (Wildman–Crippen LogP) is 3.09. The Labute approximate surface area is 211 Å². The summed E-state index contributed by atoms with van der Waals surface area (Å²) in [6, 6.07) is 16.0. The summed E-state index contributed by atoms with van der Waals surface area (Å²) in [5, 5.41) is 2.66. The number of benzene rings is 3. The number of nitrogens with zero attached hydrogens (tertiary/aromatic N) is 1. The van der Waals surface area contributed by atoms with E-state index in [1.807, 2.05) is 6.92 Å². The normalized spacial score (nSPS) is 13.4. The Kier molecular flexibility index (Phi) is 6.46. The van der Waals surface area contributed by atoms with Crippen molar-refractivity contribution >= 4 is 29.4 Å². The van der Waals surface area contributed by atoms with Crippen LogP contribution in [0.3, 0.4) is 0 Å². The zero-order valence-corrected chi connectivity index (χ0v) is 19.8. The fourth-order valence-corrected chi connectivity index (χ4v) is 3.98. The molecule has 0 aliphatic carbocycles. The van der Waals surface area contributed by atoms with E-state index < -0.39 is 30.3 Å². The maximum Gasteiger partial charge on any atom is 0.338 e. The van der Waals surface area contributed by atoms with Crippen molar-refractivity contribution in [1.29, 1.82) is 0 Å². The summed E-state index contributed by atoms with van der Waals surface area (Å²) >= 11 is 0. The summed E-state index contributed by atoms with van der Waals surface area (Å²) in [5.41, 5.74) is 1.50. The van der Waals surface area contributed by atoms with Crippen molar-refractivity contribution in [2.75, 3.05) is 24.9 Å². The average Bonchev–Trinajstić information content (AvgIpc) is 3.48. The summed E-state index contributed by atoms with van der Waals surface area (Å²) < 4.78 is 21.1. The molecule has 2 aliphatic heterocycles. The Morgan fingerprint density at radius 1 is 0.919 bits per heavy atom. The first-order valence-corrected chi connectivity index (χ1v) is 11.5. The molecule has 10 nitrogen and oxygen atoms in total. The summed E-state index contributed by atoms with van der Waals surface area (Å²) in [5.74, 6) is -0.481. The van der Waals surface area contributed by atoms with Crippen LogP contribution in [0.4, 0.5) is 5.69 Å². The van der Waals surface area contributed by atoms with Gasteiger partial charge < -0.3 is 24.3 Å². The number of anilines is 1. The molecule has 3 aromatic rings. The van der Waals surface area contributed by atoms with Gasteiger partial charge in [-0.25, -0.2) is 9.69 Å². The highest BCUT2D eigenvalue weighted by molar-refractivity contribution is 6.34. The molecule has 3 aromatic carbocycles. The Balaban J connectivity index is 1.19. The summed E-state index contributed by atoms with van der Waals surface area (Å²) in [6.45, 7) is 2.21. The van der Waals surface area contributed by atoms with Gasteiger partial charge in [-0.3, -0.25) is 14.4 Å². The highest BCUT2D eigenvalue weighted by Crippen LogP contribution is 2.32. The topological polar surface area (TPSA) is 120 Å². The molecule has 0 atom stereocenters. The van der Waals surface area contributed by atoms with Gasteiger partial charge in [-0.2, -0.15) is 0 Å². The molecule has 10 heteroatoms. The Bertz CT molecular complexity index is 1400. The summed E-state index contributed by atoms with van der Waals surface area (Å²) in [7, 11) is 0. The highest BCUT2D eigenvalue weighted by atomic mass is 16.7. The van der Waals surface area contributed by atoms with Gasteiger partial charge in [0.2, 0.25) is 6.79 Å². The van der Waals surface area contributed by atoms with E-state index in [1.54, 1.807) is 42.5 Å². The average molecular weight is 502 g/mol. The van der Waals surface area contributed by atoms with Crippen molar-refractivity contribution < 1.29 is 38.1 Å². The third-order valence-electron chi connectivity index (χ3n) is 5.79. The van der Waals surface area contributed by atoms with Crippen molar-refractivity contribution in [3.05, 3.63) is 82.9 Å². The largest absolute Gasteiger partial charge is 0.494 e. The number of rotatable bonds is 8. The number of hydrogen-bond acceptors (Lipinski definition) is 8. The molecular weight excluding hydrogens is 480 g/mol. The maximum absolute atomic E-state index is 13.0. The van der Waals surface area contributed by atoms with Crippen LogP contribution < -0.4 is 24.4 Å². The van der Waals surface area contributed by atoms with Gasteiger partial charge in [-0.05, 0) is 67.1 Å². The molecule has 0 saturated carbocycles. The molecule has 0 fully saturated rings. The van der Waals surface area contributed by atoms with Gasteiger partial charge in [0, 0.05) is 6.54 Å². The minimum absolute atomic E-state index is 0.0528. The first-order valence-electron chi connectivity index (χ1n) is 11.5. The van der Waals surface area contributed by atoms with Gasteiger partial charge in [-0.1, -0.05) is 6.07 Å². The van der Waals surface area contributed by atoms with Gasteiger partial charge in [-0.15, -0.1) is 0 Å². The standard InChI is InChI=1S/C27H22N2O8/c1-2-34-19-7-5-18(6-8-19)29-25(31)20-9-4-17(12-21(20)26(29)32)27(33)35-14-24(30)28-13-16-3-10-22-23(11-16)37-15-36-22/h3-12H,2,13-15H2,1H3,(H,28,30). The van der Waals surface area contributed by atoms with Crippen molar-refractivity contribution in [1.82, 2.24) is 5.32 Å². The van der Waals surface area contributed by atoms with Crippen molar-refractivity contribution in [3.63, 3.8) is 0 Å². The first kappa shape index (κ1) is 23.9. The quantitative estimate of drug-likeness (QED) is 0.369. The van der Waals surface area contributed by atoms with Crippen LogP contribution in [-0.2, 0) is 16.1 Å². The van der Waals surface area contributed by atoms with Crippen LogP contribution >= 0.6 is 0 Å². The third-order valence-corrected chi connectivity index (χ3v) is 5.79. The SMILES string of the molecule is CCOc1ccc(N2C(=O)c3ccc(C(=O)OCC(=O)NCc4ccc5c(c4)OCO5)cc3C2=O)cc1. The van der Waals surface area contributed by atoms with E-state index in [0.717, 1.165) is 10.5 Å². The third kappa shape index (κ3) is 4.81. The monoisotopic (exact) mass is 502 g/mol. The molecule has 37 heavy (non-hydrogen) atoms. The molecular formula is C27H22N2O8. The van der Waals surface area contributed by atoms with Gasteiger partial charge in [0.15, 0.2) is 18.1 Å². The summed E-state index contributed by atoms with van der Waals surface area (Å²) in [6.07, 6.45) is 0. The number of imide groups is 1. The van der Waals surface area contributed by atoms with E-state index in [0.29, 0.717) is 29.5 Å². The molecule has 0 radical (unpaired) electrons. The highest BCUT2D eigenvalue weighted by Gasteiger charge is 2.37. The van der Waals surface area contributed by atoms with Crippen molar-refractivity contribution in [3.8, 4) is 17.2 Å². The van der Waals surface area contributed by atoms with Gasteiger partial charge in [0.05, 0.1) is 29.0 Å². The second-order valence-electron chi connectivity index (χ2n) is 8.17. The second-order valence-corrected chi connectivity index (χ2v) is 8.17. The molecule has 0 unspecified atom stereocenters. The van der Waals surface area contributed by atoms with Crippen LogP contribution in [0.25, 0.3) is 0 Å². The van der Waals surface area contributed by atoms with E-state index in [-0.39, 0.29) is 30.0 Å². The van der Waals surface area contributed by atoms with Crippen molar-refractivity contribution in [2.24, 2.45) is 0 Å². The number of carbonyl (C=O) groups excluding carboxylic acids is 4. The molecule has 3 amide bonds. The number of esters is 1. The molecule has 1 N–H and O–H groups in total. The van der Waals surface area contributed by atoms with Gasteiger partial charge >= 0.3 is 5.97 Å². The minimum atomic E-state index is -0.791. The van der Waals surface area contributed by atoms with Crippen LogP contribution in [0.5, 0.6) is 17.2 Å². The zero-order valence-electron chi connectivity index (χ0n) is 19.8. The second kappa shape index (κ2) is 10.0. The first-order chi connectivity index (χ1) is 17.9. The van der Waals surface area contributed by atoms with Crippen LogP contribution in [0.1, 0.15) is 43.6 Å². The van der Waals surface area contributed by atoms with Gasteiger partial charge in [0.1, 0.15) is 5.75 Å². The van der Waals surface area contributed by atoms with E-state index in [1.165, 1.54) is 18.2 Å². The van der Waals surface area contributed by atoms with E-state index >= 15 is 0 Å². The zero-order chi connectivity index (χ0) is 25.9. The number of carbonyl (C=O) groups is 4. The smallest absolute Gasteiger partial charge is 0.338 e. The maximum atomic E-state index is 13.0. The fraction of sp³-hybridized carbons (Fsp3) is 0.185. The number of ether oxygens (including phenoxy) is 4. The molecule has 0 bridgehead atoms. The molecule has 5 rings (SSSR count). The predicted molar refractivity (Wildman–Crippen MR) is 130 cm³/mol. The fourth-order valence-electron chi connectivity index (χ4n) is 3.98. The summed E-state index contributed by atoms with van der Waals surface area (Å²) in [4.78, 5) is 51.6. The lowest BCUT2D eigenvalue weighted by Gasteiger charge is -2.14. The molecule has 188 valence electrons. The lowest BCUT2D eigenvalue weighted by molar-refractivity contribution is -0.124. The number of fused-ring (bicyclic) bond motifs is 2. The van der Waals surface area contributed by atoms with E-state index in [4.69, 9.17) is 18.9 Å². The van der Waals surface area contributed by atoms with Crippen LogP contribution in [0.15, 0.2) is 60.7 Å². The van der Waals surface area contributed by atoms with Crippen LogP contribution in [0.2, 0.25) is 0 Å². The number of hydrogen-bond donors (Lipinski definition) is 1. The lowest BCUT2D eigenvalue weighted by atomic mass is 10.1. The van der Waals surface area contributed by atoms with Crippen molar-refractivity contribution in [2.45, 2.75) is 13.5 Å².